The first-order valence-electron chi connectivity index (χ1n) is 4.65. The molecule has 0 spiro atoms. The molecular weight excluding hydrogens is 208 g/mol. The summed E-state index contributed by atoms with van der Waals surface area (Å²) in [5.74, 6) is -0.939. The standard InChI is InChI=1S/C12H12O4/c1-3-8-16-12(14)11(13)9-4-6-10(15-2)7-5-9/h3-7H,1,8H2,2H3. The lowest BCUT2D eigenvalue weighted by Crippen LogP contribution is -2.17. The lowest BCUT2D eigenvalue weighted by molar-refractivity contribution is -0.136. The number of rotatable bonds is 5. The van der Waals surface area contributed by atoms with Crippen molar-refractivity contribution in [1.82, 2.24) is 0 Å². The minimum atomic E-state index is -0.884. The molecule has 0 aliphatic carbocycles. The molecule has 1 aromatic rings. The Morgan fingerprint density at radius 2 is 1.94 bits per heavy atom. The number of benzene rings is 1. The fraction of sp³-hybridized carbons (Fsp3) is 0.167. The summed E-state index contributed by atoms with van der Waals surface area (Å²) in [5, 5.41) is 0. The molecule has 1 rings (SSSR count). The summed E-state index contributed by atoms with van der Waals surface area (Å²) in [6.45, 7) is 3.41. The number of methoxy groups -OCH3 is 1. The van der Waals surface area contributed by atoms with Crippen LogP contribution in [0.2, 0.25) is 0 Å². The van der Waals surface area contributed by atoms with Crippen LogP contribution in [0.5, 0.6) is 5.75 Å². The van der Waals surface area contributed by atoms with Crippen LogP contribution in [-0.2, 0) is 9.53 Å². The number of ether oxygens (including phenoxy) is 2. The zero-order chi connectivity index (χ0) is 12.0. The van der Waals surface area contributed by atoms with E-state index in [1.807, 2.05) is 0 Å². The van der Waals surface area contributed by atoms with E-state index in [2.05, 4.69) is 11.3 Å². The number of carbonyl (C=O) groups is 2. The van der Waals surface area contributed by atoms with Crippen molar-refractivity contribution in [2.24, 2.45) is 0 Å². The van der Waals surface area contributed by atoms with Gasteiger partial charge in [0.05, 0.1) is 7.11 Å². The van der Waals surface area contributed by atoms with Gasteiger partial charge >= 0.3 is 5.97 Å². The summed E-state index contributed by atoms with van der Waals surface area (Å²) in [7, 11) is 1.52. The zero-order valence-corrected chi connectivity index (χ0v) is 8.93. The topological polar surface area (TPSA) is 52.6 Å². The second kappa shape index (κ2) is 5.70. The Morgan fingerprint density at radius 3 is 2.44 bits per heavy atom. The maximum absolute atomic E-state index is 11.5. The molecule has 1 aromatic carbocycles. The molecule has 84 valence electrons. The fourth-order valence-corrected chi connectivity index (χ4v) is 1.06. The monoisotopic (exact) mass is 220 g/mol. The van der Waals surface area contributed by atoms with E-state index in [-0.39, 0.29) is 12.2 Å². The van der Waals surface area contributed by atoms with Crippen molar-refractivity contribution in [1.29, 1.82) is 0 Å². The molecule has 0 saturated heterocycles. The number of Topliss-reactive ketones (excluding diaryl/α,β-unsaturated/α-hetero) is 1. The fourth-order valence-electron chi connectivity index (χ4n) is 1.06. The Bertz CT molecular complexity index is 392. The first-order chi connectivity index (χ1) is 7.69. The normalized spacial score (nSPS) is 9.31. The molecule has 4 nitrogen and oxygen atoms in total. The second-order valence-corrected chi connectivity index (χ2v) is 2.94. The molecule has 0 saturated carbocycles. The largest absolute Gasteiger partial charge is 0.497 e. The molecule has 0 aliphatic heterocycles. The van der Waals surface area contributed by atoms with Crippen molar-refractivity contribution < 1.29 is 19.1 Å². The highest BCUT2D eigenvalue weighted by atomic mass is 16.5. The molecule has 0 heterocycles. The lowest BCUT2D eigenvalue weighted by Gasteiger charge is -2.02. The molecule has 0 radical (unpaired) electrons. The summed E-state index contributed by atoms with van der Waals surface area (Å²) in [6, 6.07) is 6.23. The summed E-state index contributed by atoms with van der Waals surface area (Å²) in [5.41, 5.74) is 0.273. The van der Waals surface area contributed by atoms with E-state index in [0.717, 1.165) is 0 Å². The van der Waals surface area contributed by atoms with E-state index in [1.54, 1.807) is 12.1 Å². The van der Waals surface area contributed by atoms with Gasteiger partial charge in [-0.2, -0.15) is 0 Å². The van der Waals surface area contributed by atoms with Crippen LogP contribution in [0.4, 0.5) is 0 Å². The van der Waals surface area contributed by atoms with Gasteiger partial charge in [-0.1, -0.05) is 12.7 Å². The van der Waals surface area contributed by atoms with Crippen molar-refractivity contribution >= 4 is 11.8 Å². The SMILES string of the molecule is C=CCOC(=O)C(=O)c1ccc(OC)cc1. The Balaban J connectivity index is 2.72. The van der Waals surface area contributed by atoms with E-state index in [1.165, 1.54) is 25.3 Å². The first kappa shape index (κ1) is 12.0. The number of ketones is 1. The lowest BCUT2D eigenvalue weighted by atomic mass is 10.1. The molecule has 0 amide bonds. The van der Waals surface area contributed by atoms with Crippen molar-refractivity contribution in [3.8, 4) is 5.75 Å². The van der Waals surface area contributed by atoms with Gasteiger partial charge in [-0.25, -0.2) is 4.79 Å². The third-order valence-corrected chi connectivity index (χ3v) is 1.87. The van der Waals surface area contributed by atoms with Crippen LogP contribution in [0.3, 0.4) is 0 Å². The minimum Gasteiger partial charge on any atom is -0.497 e. The molecule has 0 fully saturated rings. The average Bonchev–Trinajstić information content (AvgIpc) is 2.35. The maximum atomic E-state index is 11.5. The molecule has 0 bridgehead atoms. The number of hydrogen-bond donors (Lipinski definition) is 0. The van der Waals surface area contributed by atoms with Crippen molar-refractivity contribution in [3.05, 3.63) is 42.5 Å². The number of carbonyl (C=O) groups excluding carboxylic acids is 2. The molecule has 0 aromatic heterocycles. The Morgan fingerprint density at radius 1 is 1.31 bits per heavy atom. The average molecular weight is 220 g/mol. The predicted octanol–water partition coefficient (Wildman–Crippen LogP) is 1.61. The van der Waals surface area contributed by atoms with E-state index in [9.17, 15) is 9.59 Å². The van der Waals surface area contributed by atoms with Crippen molar-refractivity contribution in [3.63, 3.8) is 0 Å². The molecule has 0 atom stereocenters. The highest BCUT2D eigenvalue weighted by Gasteiger charge is 2.17. The quantitative estimate of drug-likeness (QED) is 0.327. The molecule has 0 unspecified atom stereocenters. The van der Waals surface area contributed by atoms with Crippen LogP contribution < -0.4 is 4.74 Å². The van der Waals surface area contributed by atoms with Crippen LogP contribution >= 0.6 is 0 Å². The maximum Gasteiger partial charge on any atom is 0.379 e. The van der Waals surface area contributed by atoms with Crippen LogP contribution in [-0.4, -0.2) is 25.5 Å². The van der Waals surface area contributed by atoms with Crippen LogP contribution in [0.25, 0.3) is 0 Å². The Labute approximate surface area is 93.5 Å². The van der Waals surface area contributed by atoms with Gasteiger partial charge in [-0.15, -0.1) is 0 Å². The summed E-state index contributed by atoms with van der Waals surface area (Å²) in [4.78, 5) is 22.7. The minimum absolute atomic E-state index is 0.0285. The summed E-state index contributed by atoms with van der Waals surface area (Å²) >= 11 is 0. The van der Waals surface area contributed by atoms with Gasteiger partial charge in [-0.3, -0.25) is 4.79 Å². The van der Waals surface area contributed by atoms with Crippen molar-refractivity contribution in [2.75, 3.05) is 13.7 Å². The number of esters is 1. The third kappa shape index (κ3) is 2.95. The first-order valence-corrected chi connectivity index (χ1v) is 4.65. The Kier molecular flexibility index (Phi) is 4.27. The van der Waals surface area contributed by atoms with Crippen LogP contribution in [0.15, 0.2) is 36.9 Å². The third-order valence-electron chi connectivity index (χ3n) is 1.87. The van der Waals surface area contributed by atoms with Crippen LogP contribution in [0, 0.1) is 0 Å². The van der Waals surface area contributed by atoms with Gasteiger partial charge in [0, 0.05) is 5.56 Å². The molecule has 16 heavy (non-hydrogen) atoms. The van der Waals surface area contributed by atoms with Gasteiger partial charge in [0.15, 0.2) is 0 Å². The smallest absolute Gasteiger partial charge is 0.379 e. The van der Waals surface area contributed by atoms with Crippen LogP contribution in [0.1, 0.15) is 10.4 Å². The van der Waals surface area contributed by atoms with Crippen molar-refractivity contribution in [2.45, 2.75) is 0 Å². The summed E-state index contributed by atoms with van der Waals surface area (Å²) < 4.78 is 9.56. The van der Waals surface area contributed by atoms with Gasteiger partial charge in [-0.05, 0) is 24.3 Å². The van der Waals surface area contributed by atoms with E-state index < -0.39 is 11.8 Å². The van der Waals surface area contributed by atoms with Gasteiger partial charge in [0.2, 0.25) is 0 Å². The molecule has 0 aliphatic rings. The summed E-state index contributed by atoms with van der Waals surface area (Å²) in [6.07, 6.45) is 1.40. The Hall–Kier alpha value is -2.10. The highest BCUT2D eigenvalue weighted by molar-refractivity contribution is 6.40. The second-order valence-electron chi connectivity index (χ2n) is 2.94. The van der Waals surface area contributed by atoms with Gasteiger partial charge < -0.3 is 9.47 Å². The van der Waals surface area contributed by atoms with E-state index in [4.69, 9.17) is 4.74 Å². The highest BCUT2D eigenvalue weighted by Crippen LogP contribution is 2.12. The van der Waals surface area contributed by atoms with E-state index >= 15 is 0 Å². The molecule has 0 N–H and O–H groups in total. The predicted molar refractivity (Wildman–Crippen MR) is 58.5 cm³/mol. The number of hydrogen-bond acceptors (Lipinski definition) is 4. The molecule has 4 heteroatoms. The zero-order valence-electron chi connectivity index (χ0n) is 8.93. The van der Waals surface area contributed by atoms with Gasteiger partial charge in [0.25, 0.3) is 5.78 Å². The van der Waals surface area contributed by atoms with E-state index in [0.29, 0.717) is 5.75 Å². The van der Waals surface area contributed by atoms with Gasteiger partial charge in [0.1, 0.15) is 12.4 Å². The molecular formula is C12H12O4.